The largest absolute Gasteiger partial charge is 0.695 e. The lowest BCUT2D eigenvalue weighted by molar-refractivity contribution is -0.145. The molecule has 0 fully saturated rings. The third-order valence-electron chi connectivity index (χ3n) is 1.10. The van der Waals surface area contributed by atoms with Gasteiger partial charge in [-0.05, 0) is 6.92 Å². The number of rotatable bonds is 5. The van der Waals surface area contributed by atoms with Crippen molar-refractivity contribution in [2.45, 2.75) is 33.6 Å². The molecular formula is C8H18O5P+. The predicted octanol–water partition coefficient (Wildman–Crippen LogP) is 2.02. The van der Waals surface area contributed by atoms with E-state index in [1.54, 1.807) is 6.92 Å². The Labute approximate surface area is 85.4 Å². The highest BCUT2D eigenvalue weighted by Crippen LogP contribution is 2.13. The summed E-state index contributed by atoms with van der Waals surface area (Å²) in [5.74, 6) is -0.639. The summed E-state index contributed by atoms with van der Waals surface area (Å²) in [5.41, 5.74) is 0. The van der Waals surface area contributed by atoms with Crippen molar-refractivity contribution in [1.29, 1.82) is 0 Å². The molecule has 84 valence electrons. The van der Waals surface area contributed by atoms with Crippen LogP contribution in [0.25, 0.3) is 0 Å². The zero-order valence-electron chi connectivity index (χ0n) is 8.86. The summed E-state index contributed by atoms with van der Waals surface area (Å²) >= 11 is 0. The number of unbranched alkanes of at least 4 members (excludes halogenated alkanes) is 1. The lowest BCUT2D eigenvalue weighted by Crippen LogP contribution is -2.09. The van der Waals surface area contributed by atoms with Gasteiger partial charge >= 0.3 is 14.2 Å². The van der Waals surface area contributed by atoms with Crippen LogP contribution in [0.1, 0.15) is 33.6 Å². The Morgan fingerprint density at radius 3 is 2.07 bits per heavy atom. The van der Waals surface area contributed by atoms with Gasteiger partial charge in [0.05, 0.1) is 6.61 Å². The Morgan fingerprint density at radius 2 is 1.79 bits per heavy atom. The first-order valence-electron chi connectivity index (χ1n) is 4.53. The van der Waals surface area contributed by atoms with E-state index in [1.807, 2.05) is 0 Å². The molecule has 0 amide bonds. The van der Waals surface area contributed by atoms with E-state index in [4.69, 9.17) is 4.89 Å². The van der Waals surface area contributed by atoms with Crippen molar-refractivity contribution in [3.05, 3.63) is 0 Å². The van der Waals surface area contributed by atoms with Crippen molar-refractivity contribution in [3.8, 4) is 0 Å². The molecule has 0 saturated heterocycles. The van der Waals surface area contributed by atoms with Gasteiger partial charge < -0.3 is 4.74 Å². The number of carbonyl (C=O) groups excluding carboxylic acids is 1. The van der Waals surface area contributed by atoms with E-state index in [-0.39, 0.29) is 6.61 Å². The van der Waals surface area contributed by atoms with Crippen LogP contribution >= 0.6 is 8.25 Å². The third-order valence-corrected chi connectivity index (χ3v) is 1.45. The molecule has 1 N–H and O–H groups in total. The number of ether oxygens (including phenoxy) is 1. The second kappa shape index (κ2) is 12.5. The maximum atomic E-state index is 10.4. The third kappa shape index (κ3) is 17.5. The molecule has 0 aromatic heterocycles. The highest BCUT2D eigenvalue weighted by molar-refractivity contribution is 7.32. The molecule has 14 heavy (non-hydrogen) atoms. The second-order valence-electron chi connectivity index (χ2n) is 2.32. The Kier molecular flexibility index (Phi) is 14.2. The lowest BCUT2D eigenvalue weighted by atomic mass is 10.4. The van der Waals surface area contributed by atoms with Gasteiger partial charge in [0.25, 0.3) is 0 Å². The standard InChI is InChI=1S/C4H7O5P.C4H10/c1-2-8-4(5)3-9-10(6)7;1-3-4-2/h2-3H2,1H3;3-4H2,1-2H3/p+1. The van der Waals surface area contributed by atoms with Crippen LogP contribution in [0, 0.1) is 0 Å². The molecule has 0 aliphatic carbocycles. The highest BCUT2D eigenvalue weighted by Gasteiger charge is 2.15. The molecule has 0 aliphatic heterocycles. The summed E-state index contributed by atoms with van der Waals surface area (Å²) < 4.78 is 18.3. The molecular weight excluding hydrogens is 207 g/mol. The molecule has 0 bridgehead atoms. The number of esters is 1. The second-order valence-corrected chi connectivity index (χ2v) is 3.05. The van der Waals surface area contributed by atoms with Crippen LogP contribution in [-0.2, 0) is 18.6 Å². The van der Waals surface area contributed by atoms with Gasteiger partial charge in [-0.25, -0.2) is 4.79 Å². The summed E-state index contributed by atoms with van der Waals surface area (Å²) in [6.07, 6.45) is 2.64. The lowest BCUT2D eigenvalue weighted by Gasteiger charge is -1.94. The Bertz CT molecular complexity index is 158. The normalized spacial score (nSPS) is 9.86. The predicted molar refractivity (Wildman–Crippen MR) is 53.0 cm³/mol. The van der Waals surface area contributed by atoms with Crippen molar-refractivity contribution < 1.29 is 23.5 Å². The molecule has 0 radical (unpaired) electrons. The van der Waals surface area contributed by atoms with E-state index < -0.39 is 20.8 Å². The van der Waals surface area contributed by atoms with Crippen LogP contribution in [0.3, 0.4) is 0 Å². The Morgan fingerprint density at radius 1 is 1.29 bits per heavy atom. The van der Waals surface area contributed by atoms with Crippen LogP contribution in [0.5, 0.6) is 0 Å². The summed E-state index contributed by atoms with van der Waals surface area (Å²) in [6.45, 7) is 5.76. The van der Waals surface area contributed by atoms with Crippen molar-refractivity contribution >= 4 is 14.2 Å². The molecule has 0 rings (SSSR count). The van der Waals surface area contributed by atoms with Crippen molar-refractivity contribution in [2.24, 2.45) is 0 Å². The van der Waals surface area contributed by atoms with Gasteiger partial charge in [-0.3, -0.25) is 0 Å². The van der Waals surface area contributed by atoms with Crippen LogP contribution < -0.4 is 0 Å². The fourth-order valence-electron chi connectivity index (χ4n) is 0.311. The fourth-order valence-corrected chi connectivity index (χ4v) is 0.526. The maximum absolute atomic E-state index is 10.4. The highest BCUT2D eigenvalue weighted by atomic mass is 31.1. The molecule has 6 heteroatoms. The van der Waals surface area contributed by atoms with E-state index in [1.165, 1.54) is 12.8 Å². The van der Waals surface area contributed by atoms with Gasteiger partial charge in [-0.1, -0.05) is 26.7 Å². The first-order chi connectivity index (χ1) is 6.58. The summed E-state index contributed by atoms with van der Waals surface area (Å²) in [7, 11) is -2.69. The minimum absolute atomic E-state index is 0.240. The van der Waals surface area contributed by atoms with E-state index in [0.29, 0.717) is 0 Å². The SMILES string of the molecule is CCCC.CCOC(=O)CO[P+](=O)O. The topological polar surface area (TPSA) is 72.8 Å². The summed E-state index contributed by atoms with van der Waals surface area (Å²) in [5, 5.41) is 0. The summed E-state index contributed by atoms with van der Waals surface area (Å²) in [4.78, 5) is 18.4. The van der Waals surface area contributed by atoms with Crippen LogP contribution in [0.4, 0.5) is 0 Å². The first-order valence-corrected chi connectivity index (χ1v) is 5.66. The van der Waals surface area contributed by atoms with E-state index in [9.17, 15) is 9.36 Å². The van der Waals surface area contributed by atoms with Crippen LogP contribution in [0.2, 0.25) is 0 Å². The quantitative estimate of drug-likeness (QED) is 0.572. The zero-order chi connectivity index (χ0) is 11.4. The van der Waals surface area contributed by atoms with Gasteiger partial charge in [0.1, 0.15) is 0 Å². The smallest absolute Gasteiger partial charge is 0.464 e. The van der Waals surface area contributed by atoms with Gasteiger partial charge in [-0.2, -0.15) is 0 Å². The molecule has 0 spiro atoms. The average molecular weight is 225 g/mol. The van der Waals surface area contributed by atoms with E-state index in [2.05, 4.69) is 23.1 Å². The minimum atomic E-state index is -2.69. The first kappa shape index (κ1) is 15.9. The monoisotopic (exact) mass is 225 g/mol. The van der Waals surface area contributed by atoms with Crippen LogP contribution in [-0.4, -0.2) is 24.1 Å². The number of hydrogen-bond donors (Lipinski definition) is 1. The maximum Gasteiger partial charge on any atom is 0.695 e. The molecule has 0 aromatic carbocycles. The van der Waals surface area contributed by atoms with Gasteiger partial charge in [0.15, 0.2) is 0 Å². The molecule has 1 atom stereocenters. The molecule has 0 saturated carbocycles. The molecule has 1 unspecified atom stereocenters. The number of hydrogen-bond acceptors (Lipinski definition) is 4. The molecule has 0 aromatic rings. The van der Waals surface area contributed by atoms with Gasteiger partial charge in [0, 0.05) is 4.57 Å². The van der Waals surface area contributed by atoms with Crippen molar-refractivity contribution in [1.82, 2.24) is 0 Å². The van der Waals surface area contributed by atoms with E-state index >= 15 is 0 Å². The van der Waals surface area contributed by atoms with Crippen LogP contribution in [0.15, 0.2) is 0 Å². The van der Waals surface area contributed by atoms with Crippen molar-refractivity contribution in [3.63, 3.8) is 0 Å². The fraction of sp³-hybridized carbons (Fsp3) is 0.875. The van der Waals surface area contributed by atoms with Crippen molar-refractivity contribution in [2.75, 3.05) is 13.2 Å². The molecule has 5 nitrogen and oxygen atoms in total. The number of carbonyl (C=O) groups is 1. The minimum Gasteiger partial charge on any atom is -0.464 e. The molecule has 0 aliphatic rings. The average Bonchev–Trinajstić information content (AvgIpc) is 2.16. The van der Waals surface area contributed by atoms with Gasteiger partial charge in [0.2, 0.25) is 6.61 Å². The Balaban J connectivity index is 0. The zero-order valence-corrected chi connectivity index (χ0v) is 9.75. The molecule has 0 heterocycles. The van der Waals surface area contributed by atoms with Gasteiger partial charge in [-0.15, -0.1) is 9.42 Å². The Hall–Kier alpha value is -0.510. The van der Waals surface area contributed by atoms with E-state index in [0.717, 1.165) is 0 Å². The summed E-state index contributed by atoms with van der Waals surface area (Å²) in [6, 6.07) is 0.